The molecule has 0 aromatic heterocycles. The van der Waals surface area contributed by atoms with Crippen molar-refractivity contribution in [2.75, 3.05) is 39.4 Å². The summed E-state index contributed by atoms with van der Waals surface area (Å²) in [6, 6.07) is 0. The van der Waals surface area contributed by atoms with Crippen LogP contribution in [0.25, 0.3) is 0 Å². The van der Waals surface area contributed by atoms with Crippen molar-refractivity contribution in [2.24, 2.45) is 0 Å². The van der Waals surface area contributed by atoms with Crippen LogP contribution in [0.5, 0.6) is 0 Å². The molecule has 0 rings (SSSR count). The maximum absolute atomic E-state index is 9.75. The van der Waals surface area contributed by atoms with Crippen LogP contribution in [0.4, 0.5) is 0 Å². The van der Waals surface area contributed by atoms with Crippen molar-refractivity contribution in [3.05, 3.63) is 0 Å². The van der Waals surface area contributed by atoms with E-state index in [0.29, 0.717) is 24.1 Å². The summed E-state index contributed by atoms with van der Waals surface area (Å²) in [7, 11) is 0. The fraction of sp³-hybridized carbons (Fsp3) is 1.00. The first-order chi connectivity index (χ1) is 12.1. The lowest BCUT2D eigenvalue weighted by Crippen LogP contribution is -3.00. The Hall–Kier alpha value is 0.320. The molecule has 0 spiro atoms. The number of unbranched alkanes of at least 4 members (excludes halogenated alkanes) is 11. The van der Waals surface area contributed by atoms with E-state index in [-0.39, 0.29) is 30.2 Å². The van der Waals surface area contributed by atoms with Gasteiger partial charge in [0.05, 0.1) is 19.8 Å². The number of rotatable bonds is 19. The molecule has 0 heterocycles. The fourth-order valence-electron chi connectivity index (χ4n) is 3.88. The third-order valence-corrected chi connectivity index (χ3v) is 5.29. The molecule has 5 heteroatoms. The van der Waals surface area contributed by atoms with E-state index in [1.54, 1.807) is 6.92 Å². The number of aliphatic hydroxyl groups excluding tert-OH is 3. The Labute approximate surface area is 173 Å². The third-order valence-electron chi connectivity index (χ3n) is 5.29. The van der Waals surface area contributed by atoms with E-state index in [1.807, 2.05) is 0 Å². The lowest BCUT2D eigenvalue weighted by Gasteiger charge is -2.39. The predicted octanol–water partition coefficient (Wildman–Crippen LogP) is 0.874. The first-order valence-electron chi connectivity index (χ1n) is 10.8. The van der Waals surface area contributed by atoms with Gasteiger partial charge in [0.25, 0.3) is 0 Å². The first-order valence-corrected chi connectivity index (χ1v) is 10.8. The number of aliphatic hydroxyl groups is 3. The average molecular weight is 441 g/mol. The van der Waals surface area contributed by atoms with Crippen molar-refractivity contribution in [1.82, 2.24) is 0 Å². The van der Waals surface area contributed by atoms with Gasteiger partial charge in [-0.2, -0.15) is 0 Å². The summed E-state index contributed by atoms with van der Waals surface area (Å²) >= 11 is 0. The standard InChI is InChI=1S/C21H46NO3.BrH/c1-3-4-5-6-7-8-9-10-11-12-13-14-15-22(16-18-23,17-19-24)20-21(2)25;/h21,23-25H,3-20H2,1-2H3;1H/q+1;/p-1. The quantitative estimate of drug-likeness (QED) is 0.206. The van der Waals surface area contributed by atoms with Crippen molar-refractivity contribution >= 4 is 0 Å². The Morgan fingerprint density at radius 3 is 1.38 bits per heavy atom. The van der Waals surface area contributed by atoms with Gasteiger partial charge in [-0.25, -0.2) is 0 Å². The van der Waals surface area contributed by atoms with Gasteiger partial charge in [-0.1, -0.05) is 71.1 Å². The summed E-state index contributed by atoms with van der Waals surface area (Å²) in [5, 5.41) is 28.5. The van der Waals surface area contributed by atoms with Crippen LogP contribution in [0.1, 0.15) is 90.9 Å². The Balaban J connectivity index is 0. The lowest BCUT2D eigenvalue weighted by molar-refractivity contribution is -0.931. The number of hydrogen-bond donors (Lipinski definition) is 3. The highest BCUT2D eigenvalue weighted by molar-refractivity contribution is 4.53. The molecule has 1 atom stereocenters. The molecule has 0 fully saturated rings. The Morgan fingerprint density at radius 2 is 1.04 bits per heavy atom. The van der Waals surface area contributed by atoms with Crippen LogP contribution in [0.15, 0.2) is 0 Å². The molecule has 0 aromatic rings. The SMILES string of the molecule is CCCCCCCCCCCCCC[N+](CCO)(CCO)CC(C)O.[Br-]. The van der Waals surface area contributed by atoms with Crippen molar-refractivity contribution in [1.29, 1.82) is 0 Å². The molecule has 0 aliphatic rings. The molecular formula is C21H46BrNO3. The molecule has 0 aliphatic carbocycles. The van der Waals surface area contributed by atoms with E-state index < -0.39 is 6.10 Å². The summed E-state index contributed by atoms with van der Waals surface area (Å²) in [6.07, 6.45) is 15.6. The highest BCUT2D eigenvalue weighted by atomic mass is 79.9. The van der Waals surface area contributed by atoms with Gasteiger partial charge in [-0.3, -0.25) is 0 Å². The van der Waals surface area contributed by atoms with Gasteiger partial charge in [0.15, 0.2) is 0 Å². The van der Waals surface area contributed by atoms with Crippen LogP contribution in [0.2, 0.25) is 0 Å². The van der Waals surface area contributed by atoms with Crippen LogP contribution in [0, 0.1) is 0 Å². The second-order valence-electron chi connectivity index (χ2n) is 7.88. The minimum atomic E-state index is -0.393. The molecule has 0 amide bonds. The highest BCUT2D eigenvalue weighted by Crippen LogP contribution is 2.15. The van der Waals surface area contributed by atoms with E-state index in [9.17, 15) is 15.3 Å². The maximum Gasteiger partial charge on any atom is 0.105 e. The molecule has 4 nitrogen and oxygen atoms in total. The van der Waals surface area contributed by atoms with Crippen LogP contribution in [-0.2, 0) is 0 Å². The van der Waals surface area contributed by atoms with Gasteiger partial charge >= 0.3 is 0 Å². The van der Waals surface area contributed by atoms with E-state index in [0.717, 1.165) is 13.0 Å². The van der Waals surface area contributed by atoms with Crippen molar-refractivity contribution in [2.45, 2.75) is 97.0 Å². The predicted molar refractivity (Wildman–Crippen MR) is 107 cm³/mol. The number of hydrogen-bond acceptors (Lipinski definition) is 3. The van der Waals surface area contributed by atoms with Gasteiger partial charge < -0.3 is 36.8 Å². The average Bonchev–Trinajstić information content (AvgIpc) is 2.56. The van der Waals surface area contributed by atoms with Crippen molar-refractivity contribution in [3.8, 4) is 0 Å². The normalized spacial score (nSPS) is 12.8. The van der Waals surface area contributed by atoms with Crippen LogP contribution >= 0.6 is 0 Å². The summed E-state index contributed by atoms with van der Waals surface area (Å²) in [5.74, 6) is 0. The summed E-state index contributed by atoms with van der Waals surface area (Å²) < 4.78 is 0.641. The maximum atomic E-state index is 9.75. The molecular weight excluding hydrogens is 394 g/mol. The summed E-state index contributed by atoms with van der Waals surface area (Å²) in [5.41, 5.74) is 0. The van der Waals surface area contributed by atoms with Gasteiger partial charge in [0.1, 0.15) is 25.7 Å². The van der Waals surface area contributed by atoms with Gasteiger partial charge in [0.2, 0.25) is 0 Å². The molecule has 0 saturated heterocycles. The molecule has 1 unspecified atom stereocenters. The van der Waals surface area contributed by atoms with Gasteiger partial charge in [-0.05, 0) is 19.8 Å². The second-order valence-corrected chi connectivity index (χ2v) is 7.88. The van der Waals surface area contributed by atoms with E-state index >= 15 is 0 Å². The number of halogens is 1. The topological polar surface area (TPSA) is 60.7 Å². The van der Waals surface area contributed by atoms with Crippen LogP contribution < -0.4 is 17.0 Å². The van der Waals surface area contributed by atoms with Crippen molar-refractivity contribution in [3.63, 3.8) is 0 Å². The minimum Gasteiger partial charge on any atom is -1.00 e. The number of quaternary nitrogens is 1. The molecule has 26 heavy (non-hydrogen) atoms. The largest absolute Gasteiger partial charge is 1.00 e. The number of nitrogens with zero attached hydrogens (tertiary/aromatic N) is 1. The Morgan fingerprint density at radius 1 is 0.654 bits per heavy atom. The zero-order valence-electron chi connectivity index (χ0n) is 17.5. The fourth-order valence-corrected chi connectivity index (χ4v) is 3.88. The van der Waals surface area contributed by atoms with Gasteiger partial charge in [0, 0.05) is 0 Å². The molecule has 0 saturated carbocycles. The monoisotopic (exact) mass is 439 g/mol. The minimum absolute atomic E-state index is 0. The smallest absolute Gasteiger partial charge is 0.105 e. The zero-order valence-corrected chi connectivity index (χ0v) is 19.1. The zero-order chi connectivity index (χ0) is 18.8. The van der Waals surface area contributed by atoms with Crippen molar-refractivity contribution < 1.29 is 36.8 Å². The Kier molecular flexibility index (Phi) is 22.0. The van der Waals surface area contributed by atoms with E-state index in [4.69, 9.17) is 0 Å². The first kappa shape index (κ1) is 28.5. The molecule has 0 aromatic carbocycles. The van der Waals surface area contributed by atoms with Crippen LogP contribution in [0.3, 0.4) is 0 Å². The molecule has 0 bridgehead atoms. The molecule has 160 valence electrons. The van der Waals surface area contributed by atoms with Crippen LogP contribution in [-0.4, -0.2) is 65.3 Å². The molecule has 3 N–H and O–H groups in total. The second kappa shape index (κ2) is 20.1. The third kappa shape index (κ3) is 16.5. The van der Waals surface area contributed by atoms with E-state index in [1.165, 1.54) is 70.6 Å². The van der Waals surface area contributed by atoms with Gasteiger partial charge in [-0.15, -0.1) is 0 Å². The lowest BCUT2D eigenvalue weighted by atomic mass is 10.0. The highest BCUT2D eigenvalue weighted by Gasteiger charge is 2.27. The molecule has 0 radical (unpaired) electrons. The summed E-state index contributed by atoms with van der Waals surface area (Å²) in [6.45, 7) is 7.12. The summed E-state index contributed by atoms with van der Waals surface area (Å²) in [4.78, 5) is 0. The Bertz CT molecular complexity index is 272. The van der Waals surface area contributed by atoms with E-state index in [2.05, 4.69) is 6.92 Å². The molecule has 0 aliphatic heterocycles.